The van der Waals surface area contributed by atoms with Crippen molar-refractivity contribution in [2.45, 2.75) is 91.2 Å². The number of carbonyl (C=O) groups is 1. The van der Waals surface area contributed by atoms with Crippen molar-refractivity contribution in [2.75, 3.05) is 13.1 Å². The van der Waals surface area contributed by atoms with Gasteiger partial charge < -0.3 is 31.0 Å². The lowest BCUT2D eigenvalue weighted by Gasteiger charge is -2.37. The van der Waals surface area contributed by atoms with E-state index in [1.54, 1.807) is 12.3 Å². The van der Waals surface area contributed by atoms with Crippen molar-refractivity contribution >= 4 is 22.7 Å². The van der Waals surface area contributed by atoms with Gasteiger partial charge in [-0.15, -0.1) is 0 Å². The van der Waals surface area contributed by atoms with Gasteiger partial charge in [0, 0.05) is 40.7 Å². The van der Waals surface area contributed by atoms with E-state index in [4.69, 9.17) is 15.5 Å². The Morgan fingerprint density at radius 1 is 1.06 bits per heavy atom. The van der Waals surface area contributed by atoms with Crippen LogP contribution in [0.15, 0.2) is 65.8 Å². The number of nitrogens with zero attached hydrogens (tertiary/aromatic N) is 1. The van der Waals surface area contributed by atoms with Crippen molar-refractivity contribution < 1.29 is 28.5 Å². The number of ether oxygens (including phenoxy) is 1. The second-order valence-electron chi connectivity index (χ2n) is 13.5. The largest absolute Gasteiger partial charge is 0.481 e. The molecule has 49 heavy (non-hydrogen) atoms. The van der Waals surface area contributed by atoms with Gasteiger partial charge in [-0.25, -0.2) is 8.78 Å². The molecule has 0 bridgehead atoms. The molecule has 0 saturated heterocycles. The molecule has 2 heterocycles. The Morgan fingerprint density at radius 3 is 2.49 bits per heavy atom. The van der Waals surface area contributed by atoms with E-state index in [1.165, 1.54) is 24.3 Å². The van der Waals surface area contributed by atoms with Crippen molar-refractivity contribution in [3.8, 4) is 11.5 Å². The number of amidine groups is 1. The van der Waals surface area contributed by atoms with Crippen LogP contribution in [0.25, 0.3) is 10.9 Å². The molecule has 1 aliphatic rings. The van der Waals surface area contributed by atoms with E-state index in [2.05, 4.69) is 42.3 Å². The van der Waals surface area contributed by atoms with Crippen LogP contribution in [0.2, 0.25) is 0 Å². The minimum Gasteiger partial charge on any atom is -0.481 e. The third kappa shape index (κ3) is 8.48. The number of carboxylic acid groups (broad SMARTS) is 1. The van der Waals surface area contributed by atoms with Gasteiger partial charge in [-0.1, -0.05) is 77.3 Å². The van der Waals surface area contributed by atoms with Crippen LogP contribution in [-0.2, 0) is 16.6 Å². The molecule has 8 nitrogen and oxygen atoms in total. The summed E-state index contributed by atoms with van der Waals surface area (Å²) in [7, 11) is 0. The number of hydrogen-bond donors (Lipinski definition) is 5. The number of aliphatic hydroxyl groups is 1. The molecule has 264 valence electrons. The highest BCUT2D eigenvalue weighted by Gasteiger charge is 2.39. The second-order valence-corrected chi connectivity index (χ2v) is 13.5. The maximum atomic E-state index is 15.3. The van der Waals surface area contributed by atoms with Gasteiger partial charge in [-0.2, -0.15) is 0 Å². The van der Waals surface area contributed by atoms with Crippen LogP contribution in [0.3, 0.4) is 0 Å². The monoisotopic (exact) mass is 676 g/mol. The minimum atomic E-state index is -1.13. The number of H-pyrrole nitrogens is 1. The molecule has 1 aromatic heterocycles. The number of unbranched alkanes of at least 4 members (excludes halogenated alkanes) is 1. The summed E-state index contributed by atoms with van der Waals surface area (Å²) in [5.74, 6) is -2.07. The minimum absolute atomic E-state index is 0.137. The zero-order chi connectivity index (χ0) is 35.9. The Labute approximate surface area is 287 Å². The Balaban J connectivity index is 0.00000265. The number of aryl methyl sites for hydroxylation is 1. The third-order valence-corrected chi connectivity index (χ3v) is 9.69. The van der Waals surface area contributed by atoms with Crippen molar-refractivity contribution in [1.82, 2.24) is 10.3 Å². The molecule has 0 aliphatic carbocycles. The Kier molecular flexibility index (Phi) is 12.2. The number of aliphatic carboxylic acids is 1. The molecule has 0 saturated carbocycles. The molecule has 10 heteroatoms. The summed E-state index contributed by atoms with van der Waals surface area (Å²) in [6, 6.07) is 15.3. The van der Waals surface area contributed by atoms with E-state index in [9.17, 15) is 15.0 Å². The lowest BCUT2D eigenvalue weighted by atomic mass is 9.71. The van der Waals surface area contributed by atoms with Gasteiger partial charge in [0.1, 0.15) is 17.4 Å². The van der Waals surface area contributed by atoms with Gasteiger partial charge in [0.05, 0.1) is 30.7 Å². The number of nitrogens with one attached hydrogen (secondary N) is 2. The predicted octanol–water partition coefficient (Wildman–Crippen LogP) is 7.78. The van der Waals surface area contributed by atoms with Crippen molar-refractivity contribution in [3.63, 3.8) is 0 Å². The lowest BCUT2D eigenvalue weighted by molar-refractivity contribution is -0.136. The van der Waals surface area contributed by atoms with Crippen LogP contribution < -0.4 is 15.8 Å². The number of aliphatic hydroxyl groups excluding tert-OH is 1. The molecule has 4 aromatic rings. The summed E-state index contributed by atoms with van der Waals surface area (Å²) in [6.45, 7) is 13.0. The number of aromatic nitrogens is 1. The number of hydrogen-bond acceptors (Lipinski definition) is 6. The number of halogens is 2. The van der Waals surface area contributed by atoms with Gasteiger partial charge in [0.25, 0.3) is 0 Å². The van der Waals surface area contributed by atoms with Crippen LogP contribution in [0.5, 0.6) is 11.5 Å². The fourth-order valence-corrected chi connectivity index (χ4v) is 6.57. The van der Waals surface area contributed by atoms with Gasteiger partial charge >= 0.3 is 5.97 Å². The summed E-state index contributed by atoms with van der Waals surface area (Å²) >= 11 is 0. The SMILES string of the molecule is CC.Cc1cccc(C(C)(CCCCC(C)(C)C(O)CN)C2CN=C(c3cc(Oc4c(F)cc5[nH]ccc5c4CC(=O)O)ccc3F)N2)c1. The number of carboxylic acids is 1. The lowest BCUT2D eigenvalue weighted by Crippen LogP contribution is -2.47. The summed E-state index contributed by atoms with van der Waals surface area (Å²) in [5.41, 5.74) is 8.21. The highest BCUT2D eigenvalue weighted by molar-refractivity contribution is 6.01. The van der Waals surface area contributed by atoms with E-state index >= 15 is 8.78 Å². The Hall–Kier alpha value is -4.28. The molecule has 0 amide bonds. The van der Waals surface area contributed by atoms with Gasteiger partial charge in [-0.05, 0) is 55.0 Å². The molecule has 6 N–H and O–H groups in total. The molecular formula is C39H50F2N4O4. The molecule has 0 fully saturated rings. The number of fused-ring (bicyclic) bond motifs is 1. The van der Waals surface area contributed by atoms with Crippen molar-refractivity contribution in [1.29, 1.82) is 0 Å². The zero-order valence-electron chi connectivity index (χ0n) is 29.4. The van der Waals surface area contributed by atoms with Gasteiger partial charge in [-0.3, -0.25) is 9.79 Å². The molecule has 3 aromatic carbocycles. The molecule has 1 aliphatic heterocycles. The topological polar surface area (TPSA) is 133 Å². The van der Waals surface area contributed by atoms with E-state index in [-0.39, 0.29) is 46.0 Å². The summed E-state index contributed by atoms with van der Waals surface area (Å²) < 4.78 is 36.5. The van der Waals surface area contributed by atoms with Crippen LogP contribution in [-0.4, -0.2) is 52.2 Å². The third-order valence-electron chi connectivity index (χ3n) is 9.69. The average Bonchev–Trinajstić information content (AvgIpc) is 3.76. The predicted molar refractivity (Wildman–Crippen MR) is 192 cm³/mol. The molecule has 3 unspecified atom stereocenters. The zero-order valence-corrected chi connectivity index (χ0v) is 29.4. The van der Waals surface area contributed by atoms with E-state index < -0.39 is 30.1 Å². The first-order valence-corrected chi connectivity index (χ1v) is 17.1. The number of aromatic amines is 1. The Bertz CT molecular complexity index is 1790. The smallest absolute Gasteiger partial charge is 0.307 e. The second kappa shape index (κ2) is 16.0. The molecule has 5 rings (SSSR count). The maximum Gasteiger partial charge on any atom is 0.307 e. The summed E-state index contributed by atoms with van der Waals surface area (Å²) in [5, 5.41) is 23.9. The van der Waals surface area contributed by atoms with E-state index in [1.807, 2.05) is 33.8 Å². The van der Waals surface area contributed by atoms with Crippen LogP contribution in [0, 0.1) is 24.0 Å². The van der Waals surface area contributed by atoms with Crippen molar-refractivity contribution in [3.05, 3.63) is 94.7 Å². The standard InChI is InChI=1S/C37H44F2N4O4.C2H6/c1-22-8-7-9-23(16-22)37(4,14-6-5-13-36(2,3)32(44)20-40)31-21-42-35(43-31)27-17-24(10-11-28(27)38)47-34-26(18-33(45)46)25-12-15-41-30(25)19-29(34)39;1-2/h7-12,15-17,19,31-32,41,44H,5-6,13-14,18,20-21,40H2,1-4H3,(H,42,43)(H,45,46);1-2H3. The van der Waals surface area contributed by atoms with Crippen LogP contribution in [0.1, 0.15) is 82.6 Å². The highest BCUT2D eigenvalue weighted by atomic mass is 19.1. The first-order valence-electron chi connectivity index (χ1n) is 17.1. The first-order chi connectivity index (χ1) is 23.3. The molecule has 3 atom stereocenters. The Morgan fingerprint density at radius 2 is 1.80 bits per heavy atom. The molecule has 0 spiro atoms. The number of rotatable bonds is 14. The average molecular weight is 677 g/mol. The number of nitrogens with two attached hydrogens (primary N) is 1. The summed E-state index contributed by atoms with van der Waals surface area (Å²) in [4.78, 5) is 19.3. The highest BCUT2D eigenvalue weighted by Crippen LogP contribution is 2.39. The van der Waals surface area contributed by atoms with Gasteiger partial charge in [0.15, 0.2) is 11.6 Å². The fraction of sp³-hybridized carbons (Fsp3) is 0.436. The van der Waals surface area contributed by atoms with Gasteiger partial charge in [0.2, 0.25) is 0 Å². The van der Waals surface area contributed by atoms with E-state index in [0.29, 0.717) is 23.3 Å². The first kappa shape index (κ1) is 37.5. The normalized spacial score (nSPS) is 16.3. The maximum absolute atomic E-state index is 15.3. The molecule has 0 radical (unpaired) electrons. The molecular weight excluding hydrogens is 626 g/mol. The fourth-order valence-electron chi connectivity index (χ4n) is 6.57. The number of aliphatic imine (C=N–C) groups is 1. The number of benzene rings is 3. The summed E-state index contributed by atoms with van der Waals surface area (Å²) in [6.07, 6.45) is 4.08. The van der Waals surface area contributed by atoms with Crippen LogP contribution >= 0.6 is 0 Å². The van der Waals surface area contributed by atoms with Crippen LogP contribution in [0.4, 0.5) is 8.78 Å². The van der Waals surface area contributed by atoms with E-state index in [0.717, 1.165) is 36.8 Å². The quantitative estimate of drug-likeness (QED) is 0.0867. The van der Waals surface area contributed by atoms with Crippen molar-refractivity contribution in [2.24, 2.45) is 16.1 Å².